The minimum atomic E-state index is -0.762. The normalized spacial score (nSPS) is 11.6. The molecule has 2 rings (SSSR count). The van der Waals surface area contributed by atoms with E-state index in [-0.39, 0.29) is 6.54 Å². The molecule has 0 aliphatic heterocycles. The third-order valence-electron chi connectivity index (χ3n) is 3.65. The fourth-order valence-corrected chi connectivity index (χ4v) is 2.38. The summed E-state index contributed by atoms with van der Waals surface area (Å²) < 4.78 is 0. The quantitative estimate of drug-likeness (QED) is 0.735. The number of amides is 2. The summed E-state index contributed by atoms with van der Waals surface area (Å²) in [6.07, 6.45) is -0.329. The van der Waals surface area contributed by atoms with Crippen LogP contribution in [0.5, 0.6) is 0 Å². The van der Waals surface area contributed by atoms with Gasteiger partial charge in [-0.25, -0.2) is 0 Å². The Hall–Kier alpha value is -2.66. The second kappa shape index (κ2) is 8.26. The van der Waals surface area contributed by atoms with Crippen LogP contribution in [0.2, 0.25) is 0 Å². The Morgan fingerprint density at radius 1 is 1.04 bits per heavy atom. The lowest BCUT2D eigenvalue weighted by Gasteiger charge is -2.13. The van der Waals surface area contributed by atoms with Gasteiger partial charge in [-0.05, 0) is 31.0 Å². The van der Waals surface area contributed by atoms with Crippen molar-refractivity contribution < 1.29 is 14.7 Å². The van der Waals surface area contributed by atoms with Gasteiger partial charge in [0.15, 0.2) is 0 Å². The van der Waals surface area contributed by atoms with E-state index in [9.17, 15) is 14.7 Å². The number of hydrogen-bond donors (Lipinski definition) is 3. The summed E-state index contributed by atoms with van der Waals surface area (Å²) in [5, 5.41) is 15.0. The van der Waals surface area contributed by atoms with E-state index in [0.717, 1.165) is 16.7 Å². The number of carbonyl (C=O) groups is 2. The van der Waals surface area contributed by atoms with Gasteiger partial charge < -0.3 is 15.7 Å². The number of carbonyl (C=O) groups excluding carboxylic acids is 2. The molecule has 0 aliphatic carbocycles. The van der Waals surface area contributed by atoms with Crippen molar-refractivity contribution in [3.05, 3.63) is 65.2 Å². The Labute approximate surface area is 141 Å². The molecule has 0 bridgehead atoms. The highest BCUT2D eigenvalue weighted by molar-refractivity contribution is 6.39. The van der Waals surface area contributed by atoms with Crippen LogP contribution >= 0.6 is 0 Å². The zero-order valence-corrected chi connectivity index (χ0v) is 13.9. The average molecular weight is 326 g/mol. The number of aryl methyl sites for hydroxylation is 2. The van der Waals surface area contributed by atoms with Gasteiger partial charge in [-0.3, -0.25) is 9.59 Å². The summed E-state index contributed by atoms with van der Waals surface area (Å²) in [4.78, 5) is 23.8. The molecule has 1 atom stereocenters. The first kappa shape index (κ1) is 17.7. The lowest BCUT2D eigenvalue weighted by atomic mass is 10.1. The minimum Gasteiger partial charge on any atom is -0.391 e. The van der Waals surface area contributed by atoms with Gasteiger partial charge in [-0.1, -0.05) is 48.0 Å². The molecule has 5 nitrogen and oxygen atoms in total. The molecule has 0 saturated heterocycles. The predicted molar refractivity (Wildman–Crippen MR) is 93.7 cm³/mol. The van der Waals surface area contributed by atoms with Crippen LogP contribution in [0.1, 0.15) is 16.7 Å². The molecule has 126 valence electrons. The van der Waals surface area contributed by atoms with Crippen LogP contribution in [0, 0.1) is 13.8 Å². The van der Waals surface area contributed by atoms with E-state index in [1.807, 2.05) is 56.3 Å². The summed E-state index contributed by atoms with van der Waals surface area (Å²) in [6.45, 7) is 3.84. The first-order valence-electron chi connectivity index (χ1n) is 7.84. The summed E-state index contributed by atoms with van der Waals surface area (Å²) in [7, 11) is 0. The van der Waals surface area contributed by atoms with Crippen molar-refractivity contribution in [2.75, 3.05) is 11.9 Å². The Morgan fingerprint density at radius 3 is 2.42 bits per heavy atom. The summed E-state index contributed by atoms with van der Waals surface area (Å²) in [5.41, 5.74) is 3.55. The van der Waals surface area contributed by atoms with E-state index in [1.54, 1.807) is 6.07 Å². The molecule has 5 heteroatoms. The lowest BCUT2D eigenvalue weighted by Crippen LogP contribution is -2.40. The van der Waals surface area contributed by atoms with E-state index in [4.69, 9.17) is 0 Å². The zero-order chi connectivity index (χ0) is 17.5. The maximum Gasteiger partial charge on any atom is 0.313 e. The fraction of sp³-hybridized carbons (Fsp3) is 0.263. The molecule has 2 aromatic rings. The molecule has 0 fully saturated rings. The molecule has 0 aliphatic rings. The molecular formula is C19H22N2O3. The molecule has 0 aromatic heterocycles. The van der Waals surface area contributed by atoms with E-state index >= 15 is 0 Å². The number of aliphatic hydroxyl groups is 1. The van der Waals surface area contributed by atoms with Crippen molar-refractivity contribution >= 4 is 17.5 Å². The zero-order valence-electron chi connectivity index (χ0n) is 13.9. The molecule has 0 radical (unpaired) electrons. The highest BCUT2D eigenvalue weighted by Crippen LogP contribution is 2.15. The molecule has 0 spiro atoms. The Kier molecular flexibility index (Phi) is 6.09. The first-order chi connectivity index (χ1) is 11.5. The minimum absolute atomic E-state index is 0.0219. The smallest absolute Gasteiger partial charge is 0.313 e. The number of anilines is 1. The van der Waals surface area contributed by atoms with Gasteiger partial charge in [0.25, 0.3) is 0 Å². The number of nitrogens with one attached hydrogen (secondary N) is 2. The molecule has 0 saturated carbocycles. The predicted octanol–water partition coefficient (Wildman–Crippen LogP) is 1.96. The Balaban J connectivity index is 1.82. The highest BCUT2D eigenvalue weighted by Gasteiger charge is 2.16. The largest absolute Gasteiger partial charge is 0.391 e. The van der Waals surface area contributed by atoms with Gasteiger partial charge in [-0.2, -0.15) is 0 Å². The molecule has 2 aromatic carbocycles. The maximum absolute atomic E-state index is 11.9. The Bertz CT molecular complexity index is 714. The molecule has 3 N–H and O–H groups in total. The molecule has 0 heterocycles. The van der Waals surface area contributed by atoms with Crippen molar-refractivity contribution in [3.8, 4) is 0 Å². The van der Waals surface area contributed by atoms with Crippen molar-refractivity contribution in [1.29, 1.82) is 0 Å². The second-order valence-corrected chi connectivity index (χ2v) is 5.83. The molecule has 2 amide bonds. The van der Waals surface area contributed by atoms with Crippen molar-refractivity contribution in [2.45, 2.75) is 26.4 Å². The number of hydrogen-bond acceptors (Lipinski definition) is 3. The van der Waals surface area contributed by atoms with Gasteiger partial charge in [0.2, 0.25) is 0 Å². The molecule has 24 heavy (non-hydrogen) atoms. The highest BCUT2D eigenvalue weighted by atomic mass is 16.3. The topological polar surface area (TPSA) is 78.4 Å². The van der Waals surface area contributed by atoms with Crippen LogP contribution in [0.3, 0.4) is 0 Å². The number of rotatable bonds is 5. The van der Waals surface area contributed by atoms with Crippen molar-refractivity contribution in [2.24, 2.45) is 0 Å². The number of aliphatic hydroxyl groups excluding tert-OH is 1. The van der Waals surface area contributed by atoms with Crippen molar-refractivity contribution in [1.82, 2.24) is 5.32 Å². The summed E-state index contributed by atoms with van der Waals surface area (Å²) in [5.74, 6) is -1.50. The van der Waals surface area contributed by atoms with E-state index in [1.165, 1.54) is 0 Å². The van der Waals surface area contributed by atoms with Crippen LogP contribution in [0.15, 0.2) is 48.5 Å². The van der Waals surface area contributed by atoms with Crippen LogP contribution in [-0.2, 0) is 16.0 Å². The Morgan fingerprint density at radius 2 is 1.75 bits per heavy atom. The monoisotopic (exact) mass is 326 g/mol. The second-order valence-electron chi connectivity index (χ2n) is 5.83. The van der Waals surface area contributed by atoms with Crippen LogP contribution in [-0.4, -0.2) is 29.6 Å². The van der Waals surface area contributed by atoms with Gasteiger partial charge in [0.05, 0.1) is 6.10 Å². The molecular weight excluding hydrogens is 304 g/mol. The molecule has 1 unspecified atom stereocenters. The van der Waals surface area contributed by atoms with Crippen molar-refractivity contribution in [3.63, 3.8) is 0 Å². The van der Waals surface area contributed by atoms with Gasteiger partial charge in [-0.15, -0.1) is 0 Å². The fourth-order valence-electron chi connectivity index (χ4n) is 2.38. The maximum atomic E-state index is 11.9. The van der Waals surface area contributed by atoms with E-state index in [0.29, 0.717) is 12.1 Å². The average Bonchev–Trinajstić information content (AvgIpc) is 2.56. The van der Waals surface area contributed by atoms with Gasteiger partial charge in [0, 0.05) is 18.7 Å². The van der Waals surface area contributed by atoms with E-state index in [2.05, 4.69) is 10.6 Å². The van der Waals surface area contributed by atoms with Crippen LogP contribution < -0.4 is 10.6 Å². The van der Waals surface area contributed by atoms with Gasteiger partial charge in [0.1, 0.15) is 0 Å². The third-order valence-corrected chi connectivity index (χ3v) is 3.65. The standard InChI is InChI=1S/C19H22N2O3/c1-13-8-9-17(14(2)10-13)21-19(24)18(23)20-12-16(22)11-15-6-4-3-5-7-15/h3-10,16,22H,11-12H2,1-2H3,(H,20,23)(H,21,24). The lowest BCUT2D eigenvalue weighted by molar-refractivity contribution is -0.136. The first-order valence-corrected chi connectivity index (χ1v) is 7.84. The SMILES string of the molecule is Cc1ccc(NC(=O)C(=O)NCC(O)Cc2ccccc2)c(C)c1. The third kappa shape index (κ3) is 5.21. The number of benzene rings is 2. The van der Waals surface area contributed by atoms with Crippen LogP contribution in [0.4, 0.5) is 5.69 Å². The summed E-state index contributed by atoms with van der Waals surface area (Å²) >= 11 is 0. The van der Waals surface area contributed by atoms with E-state index < -0.39 is 17.9 Å². The van der Waals surface area contributed by atoms with Gasteiger partial charge >= 0.3 is 11.8 Å². The summed E-state index contributed by atoms with van der Waals surface area (Å²) in [6, 6.07) is 15.0. The van der Waals surface area contributed by atoms with Crippen LogP contribution in [0.25, 0.3) is 0 Å².